The van der Waals surface area contributed by atoms with Gasteiger partial charge in [0.1, 0.15) is 0 Å². The lowest BCUT2D eigenvalue weighted by Crippen LogP contribution is -2.34. The number of hydrogen-bond acceptors (Lipinski definition) is 5. The molecule has 5 nitrogen and oxygen atoms in total. The van der Waals surface area contributed by atoms with Crippen LogP contribution in [-0.4, -0.2) is 34.4 Å². The van der Waals surface area contributed by atoms with Crippen molar-refractivity contribution in [3.05, 3.63) is 96.1 Å². The molecule has 0 saturated heterocycles. The average molecular weight is 386 g/mol. The van der Waals surface area contributed by atoms with Gasteiger partial charge in [-0.3, -0.25) is 9.59 Å². The summed E-state index contributed by atoms with van der Waals surface area (Å²) >= 11 is 0. The molecule has 0 amide bonds. The van der Waals surface area contributed by atoms with Gasteiger partial charge in [-0.05, 0) is 21.5 Å². The predicted molar refractivity (Wildman–Crippen MR) is 110 cm³/mol. The van der Waals surface area contributed by atoms with E-state index in [1.165, 1.54) is 0 Å². The third-order valence-electron chi connectivity index (χ3n) is 4.82. The zero-order chi connectivity index (χ0) is 20.4. The van der Waals surface area contributed by atoms with Crippen LogP contribution in [0, 0.1) is 0 Å². The number of carbonyl (C=O) groups excluding carboxylic acids is 2. The van der Waals surface area contributed by atoms with E-state index in [1.54, 1.807) is 48.5 Å². The standard InChI is InChI=1S/C24H18O5/c25-21(19-13-5-9-15-7-1-3-11-17(15)19)23(27)29-24(28)22(26)20-14-6-10-16-8-2-4-12-18(16)20/h1-14,23-24,27-28H. The summed E-state index contributed by atoms with van der Waals surface area (Å²) in [5.41, 5.74) is 0.501. The lowest BCUT2D eigenvalue weighted by atomic mass is 10.0. The molecule has 0 aliphatic heterocycles. The molecule has 5 heteroatoms. The SMILES string of the molecule is O=C(c1cccc2ccccc12)C(O)OC(O)C(=O)c1cccc2ccccc12. The molecular formula is C24H18O5. The Hall–Kier alpha value is -3.38. The largest absolute Gasteiger partial charge is 0.362 e. The average Bonchev–Trinajstić information content (AvgIpc) is 2.77. The molecule has 4 aromatic carbocycles. The van der Waals surface area contributed by atoms with Gasteiger partial charge < -0.3 is 14.9 Å². The summed E-state index contributed by atoms with van der Waals surface area (Å²) < 4.78 is 4.99. The van der Waals surface area contributed by atoms with Gasteiger partial charge in [-0.1, -0.05) is 84.9 Å². The summed E-state index contributed by atoms with van der Waals surface area (Å²) in [6, 6.07) is 24.7. The van der Waals surface area contributed by atoms with Crippen LogP contribution in [0.2, 0.25) is 0 Å². The van der Waals surface area contributed by atoms with Crippen LogP contribution < -0.4 is 0 Å². The van der Waals surface area contributed by atoms with Crippen molar-refractivity contribution in [3.63, 3.8) is 0 Å². The first-order chi connectivity index (χ1) is 14.1. The highest BCUT2D eigenvalue weighted by atomic mass is 16.7. The smallest absolute Gasteiger partial charge is 0.223 e. The fourth-order valence-electron chi connectivity index (χ4n) is 3.39. The molecule has 2 unspecified atom stereocenters. The zero-order valence-corrected chi connectivity index (χ0v) is 15.4. The summed E-state index contributed by atoms with van der Waals surface area (Å²) in [6.45, 7) is 0. The van der Waals surface area contributed by atoms with Crippen molar-refractivity contribution in [3.8, 4) is 0 Å². The molecule has 0 heterocycles. The molecule has 4 aromatic rings. The number of Topliss-reactive ketones (excluding diaryl/α,β-unsaturated/α-hetero) is 2. The number of rotatable bonds is 6. The van der Waals surface area contributed by atoms with Crippen LogP contribution >= 0.6 is 0 Å². The molecular weight excluding hydrogens is 368 g/mol. The van der Waals surface area contributed by atoms with Crippen LogP contribution in [0.4, 0.5) is 0 Å². The maximum Gasteiger partial charge on any atom is 0.223 e. The first-order valence-corrected chi connectivity index (χ1v) is 9.12. The Morgan fingerprint density at radius 2 is 0.966 bits per heavy atom. The number of ketones is 2. The van der Waals surface area contributed by atoms with Crippen molar-refractivity contribution < 1.29 is 24.5 Å². The number of hydrogen-bond donors (Lipinski definition) is 2. The van der Waals surface area contributed by atoms with E-state index in [4.69, 9.17) is 4.74 Å². The number of aliphatic hydroxyl groups excluding tert-OH is 2. The van der Waals surface area contributed by atoms with E-state index >= 15 is 0 Å². The third-order valence-corrected chi connectivity index (χ3v) is 4.82. The summed E-state index contributed by atoms with van der Waals surface area (Å²) in [7, 11) is 0. The second-order valence-electron chi connectivity index (χ2n) is 6.62. The summed E-state index contributed by atoms with van der Waals surface area (Å²) in [6.07, 6.45) is -3.95. The molecule has 0 aliphatic rings. The van der Waals surface area contributed by atoms with E-state index in [2.05, 4.69) is 0 Å². The Labute approximate surface area is 166 Å². The van der Waals surface area contributed by atoms with Gasteiger partial charge in [0.15, 0.2) is 0 Å². The number of carbonyl (C=O) groups is 2. The summed E-state index contributed by atoms with van der Waals surface area (Å²) in [5, 5.41) is 23.4. The van der Waals surface area contributed by atoms with Gasteiger partial charge in [0, 0.05) is 11.1 Å². The van der Waals surface area contributed by atoms with Crippen molar-refractivity contribution in [1.29, 1.82) is 0 Å². The van der Waals surface area contributed by atoms with Crippen molar-refractivity contribution in [2.24, 2.45) is 0 Å². The van der Waals surface area contributed by atoms with E-state index in [0.717, 1.165) is 10.8 Å². The minimum Gasteiger partial charge on any atom is -0.362 e. The van der Waals surface area contributed by atoms with Crippen LogP contribution in [-0.2, 0) is 4.74 Å². The summed E-state index contributed by atoms with van der Waals surface area (Å²) in [4.78, 5) is 25.3. The first-order valence-electron chi connectivity index (χ1n) is 9.12. The second-order valence-corrected chi connectivity index (χ2v) is 6.62. The van der Waals surface area contributed by atoms with Gasteiger partial charge >= 0.3 is 0 Å². The van der Waals surface area contributed by atoms with Crippen LogP contribution in [0.5, 0.6) is 0 Å². The third kappa shape index (κ3) is 3.67. The van der Waals surface area contributed by atoms with Gasteiger partial charge in [-0.15, -0.1) is 0 Å². The topological polar surface area (TPSA) is 83.8 Å². The molecule has 2 N–H and O–H groups in total. The Bertz CT molecular complexity index is 1110. The van der Waals surface area contributed by atoms with E-state index in [-0.39, 0.29) is 11.1 Å². The molecule has 29 heavy (non-hydrogen) atoms. The van der Waals surface area contributed by atoms with Crippen molar-refractivity contribution >= 4 is 33.1 Å². The quantitative estimate of drug-likeness (QED) is 0.390. The molecule has 0 aromatic heterocycles. The van der Waals surface area contributed by atoms with Gasteiger partial charge in [-0.25, -0.2) is 0 Å². The van der Waals surface area contributed by atoms with Gasteiger partial charge in [0.05, 0.1) is 0 Å². The normalized spacial score (nSPS) is 13.3. The molecule has 0 radical (unpaired) electrons. The second kappa shape index (κ2) is 7.93. The van der Waals surface area contributed by atoms with Crippen molar-refractivity contribution in [2.75, 3.05) is 0 Å². The first kappa shape index (κ1) is 19.0. The Morgan fingerprint density at radius 3 is 1.41 bits per heavy atom. The van der Waals surface area contributed by atoms with Gasteiger partial charge in [0.25, 0.3) is 0 Å². The molecule has 0 bridgehead atoms. The number of benzene rings is 4. The molecule has 0 spiro atoms. The monoisotopic (exact) mass is 386 g/mol. The zero-order valence-electron chi connectivity index (χ0n) is 15.4. The summed E-state index contributed by atoms with van der Waals surface area (Å²) in [5.74, 6) is -1.46. The number of aliphatic hydroxyl groups is 2. The lowest BCUT2D eigenvalue weighted by Gasteiger charge is -2.17. The maximum atomic E-state index is 12.7. The predicted octanol–water partition coefficient (Wildman–Crippen LogP) is 3.71. The Morgan fingerprint density at radius 1 is 0.586 bits per heavy atom. The van der Waals surface area contributed by atoms with E-state index < -0.39 is 24.1 Å². The molecule has 4 rings (SSSR count). The highest BCUT2D eigenvalue weighted by Gasteiger charge is 2.27. The maximum absolute atomic E-state index is 12.7. The molecule has 144 valence electrons. The minimum atomic E-state index is -1.98. The van der Waals surface area contributed by atoms with Gasteiger partial charge in [-0.2, -0.15) is 0 Å². The van der Waals surface area contributed by atoms with Crippen LogP contribution in [0.15, 0.2) is 84.9 Å². The van der Waals surface area contributed by atoms with Crippen molar-refractivity contribution in [2.45, 2.75) is 12.6 Å². The molecule has 2 atom stereocenters. The number of ether oxygens (including phenoxy) is 1. The van der Waals surface area contributed by atoms with Crippen LogP contribution in [0.25, 0.3) is 21.5 Å². The fourth-order valence-corrected chi connectivity index (χ4v) is 3.39. The highest BCUT2D eigenvalue weighted by molar-refractivity contribution is 6.11. The lowest BCUT2D eigenvalue weighted by molar-refractivity contribution is -0.163. The minimum absolute atomic E-state index is 0.250. The molecule has 0 fully saturated rings. The molecule has 0 aliphatic carbocycles. The van der Waals surface area contributed by atoms with E-state index in [9.17, 15) is 19.8 Å². The van der Waals surface area contributed by atoms with Crippen LogP contribution in [0.3, 0.4) is 0 Å². The van der Waals surface area contributed by atoms with E-state index in [0.29, 0.717) is 10.8 Å². The highest BCUT2D eigenvalue weighted by Crippen LogP contribution is 2.22. The number of fused-ring (bicyclic) bond motifs is 2. The van der Waals surface area contributed by atoms with Gasteiger partial charge in [0.2, 0.25) is 24.1 Å². The Kier molecular flexibility index (Phi) is 5.18. The van der Waals surface area contributed by atoms with E-state index in [1.807, 2.05) is 36.4 Å². The molecule has 0 saturated carbocycles. The van der Waals surface area contributed by atoms with Crippen molar-refractivity contribution in [1.82, 2.24) is 0 Å². The fraction of sp³-hybridized carbons (Fsp3) is 0.0833. The van der Waals surface area contributed by atoms with Crippen LogP contribution in [0.1, 0.15) is 20.7 Å². The Balaban J connectivity index is 1.56.